The topological polar surface area (TPSA) is 29.1 Å². The molecule has 0 aromatic carbocycles. The smallest absolute Gasteiger partial charge is 0.155 e. The number of carbonyl (C=O) groups is 1. The minimum Gasteiger partial charge on any atom is -0.305 e. The molecule has 2 atom stereocenters. The third kappa shape index (κ3) is 4.13. The van der Waals surface area contributed by atoms with E-state index in [1.807, 2.05) is 0 Å². The van der Waals surface area contributed by atoms with Gasteiger partial charge in [-0.1, -0.05) is 59.8 Å². The average Bonchev–Trinajstić information content (AvgIpc) is 2.93. The summed E-state index contributed by atoms with van der Waals surface area (Å²) in [7, 11) is 0. The van der Waals surface area contributed by atoms with Gasteiger partial charge in [0.05, 0.1) is 6.04 Å². The van der Waals surface area contributed by atoms with Gasteiger partial charge in [-0.2, -0.15) is 0 Å². The lowest BCUT2D eigenvalue weighted by Gasteiger charge is -2.37. The highest BCUT2D eigenvalue weighted by Crippen LogP contribution is 2.41. The van der Waals surface area contributed by atoms with Gasteiger partial charge in [-0.15, -0.1) is 0 Å². The van der Waals surface area contributed by atoms with Crippen molar-refractivity contribution in [1.82, 2.24) is 5.32 Å². The molecule has 2 rings (SSSR count). The number of rotatable bonds is 8. The molecule has 0 aromatic heterocycles. The lowest BCUT2D eigenvalue weighted by atomic mass is 9.70. The Morgan fingerprint density at radius 2 is 1.64 bits per heavy atom. The second-order valence-electron chi connectivity index (χ2n) is 8.89. The predicted octanol–water partition coefficient (Wildman–Crippen LogP) is 4.96. The highest BCUT2D eigenvalue weighted by atomic mass is 16.1. The van der Waals surface area contributed by atoms with Gasteiger partial charge in [0.25, 0.3) is 0 Å². The highest BCUT2D eigenvalue weighted by Gasteiger charge is 2.42. The maximum absolute atomic E-state index is 13.2. The molecule has 2 saturated carbocycles. The van der Waals surface area contributed by atoms with Crippen molar-refractivity contribution < 1.29 is 4.79 Å². The lowest BCUT2D eigenvalue weighted by molar-refractivity contribution is -0.133. The van der Waals surface area contributed by atoms with Crippen LogP contribution in [-0.2, 0) is 4.79 Å². The van der Waals surface area contributed by atoms with Crippen molar-refractivity contribution in [2.24, 2.45) is 23.2 Å². The molecular formula is C20H37NO. The molecule has 0 aromatic rings. The minimum atomic E-state index is -0.172. The van der Waals surface area contributed by atoms with Crippen molar-refractivity contribution >= 4 is 5.78 Å². The Labute approximate surface area is 137 Å². The fourth-order valence-corrected chi connectivity index (χ4v) is 4.42. The number of hydrogen-bond acceptors (Lipinski definition) is 2. The van der Waals surface area contributed by atoms with Crippen LogP contribution < -0.4 is 5.32 Å². The van der Waals surface area contributed by atoms with Crippen LogP contribution >= 0.6 is 0 Å². The summed E-state index contributed by atoms with van der Waals surface area (Å²) in [5, 5.41) is 3.70. The number of nitrogens with one attached hydrogen (secondary N) is 1. The Balaban J connectivity index is 1.97. The van der Waals surface area contributed by atoms with Crippen LogP contribution in [0.4, 0.5) is 0 Å². The van der Waals surface area contributed by atoms with Crippen LogP contribution in [0.15, 0.2) is 0 Å². The zero-order chi connectivity index (χ0) is 16.3. The molecule has 1 N–H and O–H groups in total. The highest BCUT2D eigenvalue weighted by molar-refractivity contribution is 5.89. The summed E-state index contributed by atoms with van der Waals surface area (Å²) in [4.78, 5) is 13.2. The minimum absolute atomic E-state index is 0.0191. The van der Waals surface area contributed by atoms with Crippen LogP contribution in [0.5, 0.6) is 0 Å². The summed E-state index contributed by atoms with van der Waals surface area (Å²) in [5.74, 6) is 2.31. The maximum atomic E-state index is 13.2. The van der Waals surface area contributed by atoms with Gasteiger partial charge < -0.3 is 5.32 Å². The number of Topliss-reactive ketones (excluding diaryl/α,β-unsaturated/α-hetero) is 1. The summed E-state index contributed by atoms with van der Waals surface area (Å²) >= 11 is 0. The average molecular weight is 308 g/mol. The molecule has 128 valence electrons. The first-order valence-electron chi connectivity index (χ1n) is 9.62. The van der Waals surface area contributed by atoms with E-state index in [9.17, 15) is 4.79 Å². The third-order valence-electron chi connectivity index (χ3n) is 6.34. The summed E-state index contributed by atoms with van der Waals surface area (Å²) in [6, 6.07) is 0.478. The fraction of sp³-hybridized carbons (Fsp3) is 0.950. The molecule has 0 radical (unpaired) electrons. The number of ketones is 1. The molecule has 2 nitrogen and oxygen atoms in total. The van der Waals surface area contributed by atoms with Crippen molar-refractivity contribution in [2.45, 2.75) is 98.1 Å². The van der Waals surface area contributed by atoms with Crippen molar-refractivity contribution in [1.29, 1.82) is 0 Å². The first-order chi connectivity index (χ1) is 10.3. The molecule has 22 heavy (non-hydrogen) atoms. The molecular weight excluding hydrogens is 270 g/mol. The lowest BCUT2D eigenvalue weighted by Crippen LogP contribution is -2.52. The van der Waals surface area contributed by atoms with Gasteiger partial charge in [0, 0.05) is 11.5 Å². The van der Waals surface area contributed by atoms with Gasteiger partial charge in [0.1, 0.15) is 0 Å². The van der Waals surface area contributed by atoms with Gasteiger partial charge in [0.15, 0.2) is 5.78 Å². The zero-order valence-electron chi connectivity index (χ0n) is 15.5. The van der Waals surface area contributed by atoms with Crippen LogP contribution in [0.3, 0.4) is 0 Å². The van der Waals surface area contributed by atoms with E-state index in [1.165, 1.54) is 51.4 Å². The van der Waals surface area contributed by atoms with Gasteiger partial charge in [-0.3, -0.25) is 4.79 Å². The van der Waals surface area contributed by atoms with E-state index in [1.54, 1.807) is 0 Å². The summed E-state index contributed by atoms with van der Waals surface area (Å²) in [6.07, 6.45) is 10.5. The van der Waals surface area contributed by atoms with E-state index < -0.39 is 0 Å². The van der Waals surface area contributed by atoms with Gasteiger partial charge in [-0.05, 0) is 43.9 Å². The molecule has 2 unspecified atom stereocenters. The second kappa shape index (κ2) is 7.47. The van der Waals surface area contributed by atoms with Crippen LogP contribution in [-0.4, -0.2) is 17.9 Å². The van der Waals surface area contributed by atoms with Crippen LogP contribution in [0.1, 0.15) is 86.0 Å². The fourth-order valence-electron chi connectivity index (χ4n) is 4.42. The quantitative estimate of drug-likeness (QED) is 0.686. The zero-order valence-corrected chi connectivity index (χ0v) is 15.5. The van der Waals surface area contributed by atoms with E-state index in [0.29, 0.717) is 23.7 Å². The molecule has 2 aliphatic carbocycles. The Hall–Kier alpha value is -0.370. The molecule has 0 spiro atoms. The van der Waals surface area contributed by atoms with E-state index in [-0.39, 0.29) is 11.5 Å². The summed E-state index contributed by atoms with van der Waals surface area (Å²) < 4.78 is 0. The van der Waals surface area contributed by atoms with E-state index in [0.717, 1.165) is 5.92 Å². The van der Waals surface area contributed by atoms with Crippen molar-refractivity contribution in [2.75, 3.05) is 0 Å². The maximum Gasteiger partial charge on any atom is 0.155 e. The molecule has 0 saturated heterocycles. The second-order valence-corrected chi connectivity index (χ2v) is 8.89. The number of hydrogen-bond donors (Lipinski definition) is 1. The van der Waals surface area contributed by atoms with Crippen LogP contribution in [0.25, 0.3) is 0 Å². The van der Waals surface area contributed by atoms with Gasteiger partial charge in [0.2, 0.25) is 0 Å². The molecule has 2 heteroatoms. The van der Waals surface area contributed by atoms with Crippen molar-refractivity contribution in [3.05, 3.63) is 0 Å². The Morgan fingerprint density at radius 3 is 2.09 bits per heavy atom. The standard InChI is InChI=1S/C20H37NO/c1-14(2)18(21-15(3)13-16-9-8-10-16)19(22)20(4,5)17-11-6-7-12-17/h14-18,21H,6-13H2,1-5H3. The molecule has 0 heterocycles. The van der Waals surface area contributed by atoms with Gasteiger partial charge in [-0.25, -0.2) is 0 Å². The Bertz CT molecular complexity index is 364. The normalized spacial score (nSPS) is 23.5. The molecule has 2 aliphatic rings. The SMILES string of the molecule is CC(CC1CCC1)NC(C(=O)C(C)(C)C1CCCC1)C(C)C. The van der Waals surface area contributed by atoms with Gasteiger partial charge >= 0.3 is 0 Å². The van der Waals surface area contributed by atoms with Crippen molar-refractivity contribution in [3.8, 4) is 0 Å². The Morgan fingerprint density at radius 1 is 1.05 bits per heavy atom. The monoisotopic (exact) mass is 307 g/mol. The number of carbonyl (C=O) groups excluding carboxylic acids is 1. The van der Waals surface area contributed by atoms with Crippen LogP contribution in [0.2, 0.25) is 0 Å². The molecule has 0 aliphatic heterocycles. The van der Waals surface area contributed by atoms with E-state index in [4.69, 9.17) is 0 Å². The predicted molar refractivity (Wildman–Crippen MR) is 93.9 cm³/mol. The third-order valence-corrected chi connectivity index (χ3v) is 6.34. The van der Waals surface area contributed by atoms with Crippen molar-refractivity contribution in [3.63, 3.8) is 0 Å². The first kappa shape index (κ1) is 18.0. The summed E-state index contributed by atoms with van der Waals surface area (Å²) in [6.45, 7) is 11.0. The summed E-state index contributed by atoms with van der Waals surface area (Å²) in [5.41, 5.74) is -0.172. The van der Waals surface area contributed by atoms with E-state index in [2.05, 4.69) is 39.9 Å². The Kier molecular flexibility index (Phi) is 6.10. The molecule has 2 fully saturated rings. The molecule has 0 amide bonds. The van der Waals surface area contributed by atoms with E-state index >= 15 is 0 Å². The molecule has 0 bridgehead atoms. The first-order valence-corrected chi connectivity index (χ1v) is 9.62. The largest absolute Gasteiger partial charge is 0.305 e. The van der Waals surface area contributed by atoms with Crippen LogP contribution in [0, 0.1) is 23.2 Å².